The third kappa shape index (κ3) is 3.69. The first-order chi connectivity index (χ1) is 8.46. The molecule has 1 fully saturated rings. The molecule has 0 atom stereocenters. The highest BCUT2D eigenvalue weighted by atomic mass is 32.2. The molecule has 1 amide bonds. The van der Waals surface area contributed by atoms with Gasteiger partial charge >= 0.3 is 0 Å². The summed E-state index contributed by atoms with van der Waals surface area (Å²) in [5.74, 6) is 2.45. The summed E-state index contributed by atoms with van der Waals surface area (Å²) in [6.07, 6.45) is 0. The molecule has 1 aromatic rings. The summed E-state index contributed by atoms with van der Waals surface area (Å²) in [6, 6.07) is 8.01. The summed E-state index contributed by atoms with van der Waals surface area (Å²) >= 11 is 3.96. The molecule has 0 unspecified atom stereocenters. The first kappa shape index (κ1) is 13.8. The predicted molar refractivity (Wildman–Crippen MR) is 81.3 cm³/mol. The van der Waals surface area contributed by atoms with Crippen molar-refractivity contribution in [3.63, 3.8) is 0 Å². The Bertz CT molecular complexity index is 416. The van der Waals surface area contributed by atoms with Crippen LogP contribution >= 0.6 is 23.5 Å². The van der Waals surface area contributed by atoms with Gasteiger partial charge in [0, 0.05) is 22.6 Å². The fourth-order valence-corrected chi connectivity index (χ4v) is 4.61. The first-order valence-electron chi connectivity index (χ1n) is 6.11. The van der Waals surface area contributed by atoms with Crippen molar-refractivity contribution in [2.45, 2.75) is 30.9 Å². The van der Waals surface area contributed by atoms with Crippen LogP contribution in [0.5, 0.6) is 0 Å². The number of amides is 1. The Morgan fingerprint density at radius 2 is 1.72 bits per heavy atom. The van der Waals surface area contributed by atoms with Crippen LogP contribution in [0.25, 0.3) is 0 Å². The normalized spacial score (nSPS) is 16.8. The molecule has 1 saturated heterocycles. The average Bonchev–Trinajstić information content (AvgIpc) is 2.80. The molecule has 4 heteroatoms. The van der Waals surface area contributed by atoms with E-state index in [1.807, 2.05) is 56.4 Å². The van der Waals surface area contributed by atoms with Gasteiger partial charge in [0.15, 0.2) is 0 Å². The van der Waals surface area contributed by atoms with Crippen molar-refractivity contribution in [1.29, 1.82) is 0 Å². The van der Waals surface area contributed by atoms with E-state index in [1.54, 1.807) is 0 Å². The van der Waals surface area contributed by atoms with Gasteiger partial charge in [-0.1, -0.05) is 12.1 Å². The van der Waals surface area contributed by atoms with Crippen LogP contribution in [0.4, 0.5) is 0 Å². The molecule has 98 valence electrons. The monoisotopic (exact) mass is 281 g/mol. The van der Waals surface area contributed by atoms with Gasteiger partial charge in [0.25, 0.3) is 5.91 Å². The molecule has 0 aliphatic carbocycles. The van der Waals surface area contributed by atoms with Crippen molar-refractivity contribution in [2.24, 2.45) is 0 Å². The zero-order chi connectivity index (χ0) is 13.2. The second-order valence-corrected chi connectivity index (χ2v) is 8.12. The molecule has 0 saturated carbocycles. The Morgan fingerprint density at radius 3 is 2.22 bits per heavy atom. The van der Waals surface area contributed by atoms with Crippen molar-refractivity contribution in [3.05, 3.63) is 35.4 Å². The van der Waals surface area contributed by atoms with Gasteiger partial charge in [-0.15, -0.1) is 23.5 Å². The highest BCUT2D eigenvalue weighted by Gasteiger charge is 2.19. The molecule has 0 radical (unpaired) electrons. The van der Waals surface area contributed by atoms with E-state index in [1.165, 1.54) is 17.1 Å². The van der Waals surface area contributed by atoms with Crippen molar-refractivity contribution in [1.82, 2.24) is 5.32 Å². The maximum Gasteiger partial charge on any atom is 0.251 e. The summed E-state index contributed by atoms with van der Waals surface area (Å²) < 4.78 is 0.546. The number of hydrogen-bond donors (Lipinski definition) is 1. The number of carbonyl (C=O) groups excluding carboxylic acids is 1. The molecule has 2 rings (SSSR count). The lowest BCUT2D eigenvalue weighted by Crippen LogP contribution is -2.40. The smallest absolute Gasteiger partial charge is 0.251 e. The molecule has 2 nitrogen and oxygen atoms in total. The first-order valence-corrected chi connectivity index (χ1v) is 8.21. The SMILES string of the molecule is CC(C)(C)NC(=O)c1ccc(C2SCCS2)cc1. The van der Waals surface area contributed by atoms with Gasteiger partial charge in [0.1, 0.15) is 0 Å². The van der Waals surface area contributed by atoms with E-state index in [4.69, 9.17) is 0 Å². The molecule has 0 aromatic heterocycles. The van der Waals surface area contributed by atoms with Gasteiger partial charge in [-0.2, -0.15) is 0 Å². The number of thioether (sulfide) groups is 2. The molecule has 1 aliphatic heterocycles. The molecular formula is C14H19NOS2. The van der Waals surface area contributed by atoms with E-state index in [9.17, 15) is 4.79 Å². The maximum atomic E-state index is 12.0. The van der Waals surface area contributed by atoms with Gasteiger partial charge in [-0.05, 0) is 38.5 Å². The number of rotatable bonds is 2. The highest BCUT2D eigenvalue weighted by molar-refractivity contribution is 8.19. The Balaban J connectivity index is 2.05. The largest absolute Gasteiger partial charge is 0.347 e. The Morgan fingerprint density at radius 1 is 1.17 bits per heavy atom. The number of hydrogen-bond acceptors (Lipinski definition) is 3. The van der Waals surface area contributed by atoms with Gasteiger partial charge in [0.2, 0.25) is 0 Å². The van der Waals surface area contributed by atoms with E-state index in [0.29, 0.717) is 4.58 Å². The minimum absolute atomic E-state index is 0.000720. The van der Waals surface area contributed by atoms with E-state index >= 15 is 0 Å². The van der Waals surface area contributed by atoms with Crippen molar-refractivity contribution in [3.8, 4) is 0 Å². The van der Waals surface area contributed by atoms with Crippen LogP contribution in [-0.4, -0.2) is 23.0 Å². The van der Waals surface area contributed by atoms with Crippen LogP contribution in [0.15, 0.2) is 24.3 Å². The van der Waals surface area contributed by atoms with Crippen LogP contribution in [-0.2, 0) is 0 Å². The van der Waals surface area contributed by atoms with Crippen molar-refractivity contribution in [2.75, 3.05) is 11.5 Å². The summed E-state index contributed by atoms with van der Waals surface area (Å²) in [5, 5.41) is 2.98. The van der Waals surface area contributed by atoms with Crippen LogP contribution in [0.1, 0.15) is 41.3 Å². The number of carbonyl (C=O) groups is 1. The Hall–Kier alpha value is -0.610. The summed E-state index contributed by atoms with van der Waals surface area (Å²) in [4.78, 5) is 12.0. The summed E-state index contributed by atoms with van der Waals surface area (Å²) in [7, 11) is 0. The van der Waals surface area contributed by atoms with Crippen LogP contribution in [0.3, 0.4) is 0 Å². The molecule has 1 N–H and O–H groups in total. The molecule has 0 spiro atoms. The summed E-state index contributed by atoms with van der Waals surface area (Å²) in [5.41, 5.74) is 1.86. The molecule has 1 heterocycles. The fourth-order valence-electron chi connectivity index (χ4n) is 1.76. The second-order valence-electron chi connectivity index (χ2n) is 5.40. The zero-order valence-electron chi connectivity index (χ0n) is 11.0. The van der Waals surface area contributed by atoms with Gasteiger partial charge < -0.3 is 5.32 Å². The van der Waals surface area contributed by atoms with Gasteiger partial charge in [-0.25, -0.2) is 0 Å². The van der Waals surface area contributed by atoms with Crippen molar-refractivity contribution >= 4 is 29.4 Å². The predicted octanol–water partition coefficient (Wildman–Crippen LogP) is 3.69. The summed E-state index contributed by atoms with van der Waals surface area (Å²) in [6.45, 7) is 5.97. The lowest BCUT2D eigenvalue weighted by Gasteiger charge is -2.20. The zero-order valence-corrected chi connectivity index (χ0v) is 12.7. The fraction of sp³-hybridized carbons (Fsp3) is 0.500. The number of nitrogens with one attached hydrogen (secondary N) is 1. The molecule has 18 heavy (non-hydrogen) atoms. The average molecular weight is 281 g/mol. The van der Waals surface area contributed by atoms with E-state index in [0.717, 1.165) is 5.56 Å². The van der Waals surface area contributed by atoms with Crippen molar-refractivity contribution < 1.29 is 4.79 Å². The third-order valence-electron chi connectivity index (χ3n) is 2.56. The standard InChI is InChI=1S/C14H19NOS2/c1-14(2,3)15-12(16)10-4-6-11(7-5-10)13-17-8-9-18-13/h4-7,13H,8-9H2,1-3H3,(H,15,16). The molecular weight excluding hydrogens is 262 g/mol. The van der Waals surface area contributed by atoms with Crippen LogP contribution in [0.2, 0.25) is 0 Å². The van der Waals surface area contributed by atoms with Gasteiger partial charge in [-0.3, -0.25) is 4.79 Å². The van der Waals surface area contributed by atoms with E-state index < -0.39 is 0 Å². The molecule has 1 aliphatic rings. The molecule has 0 bridgehead atoms. The molecule has 1 aromatic carbocycles. The Kier molecular flexibility index (Phi) is 4.28. The Labute approximate surface area is 117 Å². The van der Waals surface area contributed by atoms with Crippen LogP contribution < -0.4 is 5.32 Å². The highest BCUT2D eigenvalue weighted by Crippen LogP contribution is 2.45. The van der Waals surface area contributed by atoms with Crippen LogP contribution in [0, 0.1) is 0 Å². The lowest BCUT2D eigenvalue weighted by atomic mass is 10.1. The third-order valence-corrected chi connectivity index (χ3v) is 5.66. The quantitative estimate of drug-likeness (QED) is 0.896. The van der Waals surface area contributed by atoms with E-state index in [-0.39, 0.29) is 11.4 Å². The van der Waals surface area contributed by atoms with E-state index in [2.05, 4.69) is 17.4 Å². The second kappa shape index (κ2) is 5.57. The van der Waals surface area contributed by atoms with Gasteiger partial charge in [0.05, 0.1) is 4.58 Å². The number of benzene rings is 1. The lowest BCUT2D eigenvalue weighted by molar-refractivity contribution is 0.0919. The maximum absolute atomic E-state index is 12.0. The minimum Gasteiger partial charge on any atom is -0.347 e. The topological polar surface area (TPSA) is 29.1 Å². The minimum atomic E-state index is -0.188.